The fraction of sp³-hybridized carbons (Fsp3) is 0.250. The number of aryl methyl sites for hydroxylation is 2. The topological polar surface area (TPSA) is 50.4 Å². The van der Waals surface area contributed by atoms with Crippen molar-refractivity contribution in [2.45, 2.75) is 20.8 Å². The fourth-order valence-corrected chi connectivity index (χ4v) is 1.53. The van der Waals surface area contributed by atoms with Crippen molar-refractivity contribution in [1.82, 2.24) is 0 Å². The summed E-state index contributed by atoms with van der Waals surface area (Å²) in [5, 5.41) is 10.4. The molecule has 0 aliphatic carbocycles. The Hall–Kier alpha value is -1.77. The third kappa shape index (κ3) is 1.40. The van der Waals surface area contributed by atoms with E-state index < -0.39 is 5.63 Å². The molecule has 0 spiro atoms. The zero-order chi connectivity index (χ0) is 11.2. The van der Waals surface area contributed by atoms with Gasteiger partial charge >= 0.3 is 5.63 Å². The highest BCUT2D eigenvalue weighted by molar-refractivity contribution is 5.85. The first-order valence-corrected chi connectivity index (χ1v) is 4.74. The van der Waals surface area contributed by atoms with Gasteiger partial charge in [0.2, 0.25) is 0 Å². The maximum atomic E-state index is 11.3. The molecule has 3 nitrogen and oxygen atoms in total. The largest absolute Gasteiger partial charge is 0.507 e. The van der Waals surface area contributed by atoms with Crippen LogP contribution in [-0.4, -0.2) is 5.11 Å². The highest BCUT2D eigenvalue weighted by Crippen LogP contribution is 2.27. The van der Waals surface area contributed by atoms with Crippen molar-refractivity contribution in [3.05, 3.63) is 39.2 Å². The molecule has 0 aliphatic rings. The van der Waals surface area contributed by atoms with E-state index in [1.54, 1.807) is 13.0 Å². The molecule has 3 heteroatoms. The van der Waals surface area contributed by atoms with Gasteiger partial charge in [-0.25, -0.2) is 4.79 Å². The van der Waals surface area contributed by atoms with Crippen LogP contribution in [0, 0.1) is 20.8 Å². The first-order valence-electron chi connectivity index (χ1n) is 4.74. The molecule has 2 rings (SSSR count). The Bertz CT molecular complexity index is 594. The van der Waals surface area contributed by atoms with Crippen molar-refractivity contribution < 1.29 is 9.52 Å². The molecule has 0 saturated heterocycles. The SMILES string of the molecule is Cc1cc2oc(=O)c(C)c(O)c2cc1C. The average molecular weight is 204 g/mol. The molecule has 0 bridgehead atoms. The highest BCUT2D eigenvalue weighted by Gasteiger charge is 2.10. The second-order valence-corrected chi connectivity index (χ2v) is 3.80. The number of aromatic hydroxyl groups is 1. The Morgan fingerprint density at radius 1 is 1.13 bits per heavy atom. The Kier molecular flexibility index (Phi) is 2.03. The molecule has 2 aromatic rings. The van der Waals surface area contributed by atoms with E-state index in [2.05, 4.69) is 0 Å². The zero-order valence-electron chi connectivity index (χ0n) is 8.92. The number of rotatable bonds is 0. The van der Waals surface area contributed by atoms with Crippen molar-refractivity contribution in [3.63, 3.8) is 0 Å². The first kappa shape index (κ1) is 9.77. The van der Waals surface area contributed by atoms with Gasteiger partial charge in [0.25, 0.3) is 0 Å². The number of fused-ring (bicyclic) bond motifs is 1. The monoisotopic (exact) mass is 204 g/mol. The van der Waals surface area contributed by atoms with Crippen molar-refractivity contribution in [1.29, 1.82) is 0 Å². The third-order valence-corrected chi connectivity index (χ3v) is 2.72. The van der Waals surface area contributed by atoms with E-state index in [-0.39, 0.29) is 11.3 Å². The van der Waals surface area contributed by atoms with Gasteiger partial charge in [0.15, 0.2) is 0 Å². The summed E-state index contributed by atoms with van der Waals surface area (Å²) in [4.78, 5) is 11.3. The molecule has 0 radical (unpaired) electrons. The molecule has 0 unspecified atom stereocenters. The molecule has 1 aromatic heterocycles. The molecule has 78 valence electrons. The highest BCUT2D eigenvalue weighted by atomic mass is 16.4. The van der Waals surface area contributed by atoms with Gasteiger partial charge in [-0.2, -0.15) is 0 Å². The van der Waals surface area contributed by atoms with E-state index >= 15 is 0 Å². The van der Waals surface area contributed by atoms with Gasteiger partial charge in [-0.3, -0.25) is 0 Å². The summed E-state index contributed by atoms with van der Waals surface area (Å²) in [6, 6.07) is 3.60. The Balaban J connectivity index is 3.00. The molecule has 1 N–H and O–H groups in total. The van der Waals surface area contributed by atoms with E-state index in [1.807, 2.05) is 19.9 Å². The van der Waals surface area contributed by atoms with E-state index in [0.717, 1.165) is 11.1 Å². The Morgan fingerprint density at radius 2 is 1.73 bits per heavy atom. The lowest BCUT2D eigenvalue weighted by Gasteiger charge is -2.05. The van der Waals surface area contributed by atoms with E-state index in [0.29, 0.717) is 11.0 Å². The maximum Gasteiger partial charge on any atom is 0.342 e. The maximum absolute atomic E-state index is 11.3. The van der Waals surface area contributed by atoms with Gasteiger partial charge in [0.05, 0.1) is 10.9 Å². The van der Waals surface area contributed by atoms with Gasteiger partial charge in [-0.1, -0.05) is 0 Å². The van der Waals surface area contributed by atoms with Gasteiger partial charge in [0, 0.05) is 0 Å². The van der Waals surface area contributed by atoms with Crippen molar-refractivity contribution in [3.8, 4) is 5.75 Å². The lowest BCUT2D eigenvalue weighted by atomic mass is 10.1. The van der Waals surface area contributed by atoms with E-state index in [9.17, 15) is 9.90 Å². The summed E-state index contributed by atoms with van der Waals surface area (Å²) in [6.45, 7) is 5.44. The standard InChI is InChI=1S/C12H12O3/c1-6-4-9-10(5-7(6)2)15-12(14)8(3)11(9)13/h4-5,13H,1-3H3. The summed E-state index contributed by atoms with van der Waals surface area (Å²) in [7, 11) is 0. The quantitative estimate of drug-likeness (QED) is 0.670. The van der Waals surface area contributed by atoms with Crippen LogP contribution in [0.5, 0.6) is 5.75 Å². The lowest BCUT2D eigenvalue weighted by molar-refractivity contribution is 0.461. The van der Waals surface area contributed by atoms with Gasteiger partial charge in [-0.05, 0) is 44.0 Å². The van der Waals surface area contributed by atoms with Crippen LogP contribution >= 0.6 is 0 Å². The van der Waals surface area contributed by atoms with Crippen LogP contribution in [-0.2, 0) is 0 Å². The second-order valence-electron chi connectivity index (χ2n) is 3.80. The Morgan fingerprint density at radius 3 is 2.40 bits per heavy atom. The minimum absolute atomic E-state index is 0.0179. The molecular weight excluding hydrogens is 192 g/mol. The summed E-state index contributed by atoms with van der Waals surface area (Å²) in [5.74, 6) is 0.0179. The van der Waals surface area contributed by atoms with Crippen LogP contribution in [0.4, 0.5) is 0 Å². The van der Waals surface area contributed by atoms with Crippen LogP contribution in [0.1, 0.15) is 16.7 Å². The van der Waals surface area contributed by atoms with E-state index in [1.165, 1.54) is 0 Å². The summed E-state index contributed by atoms with van der Waals surface area (Å²) in [5.41, 5.74) is 2.31. The smallest absolute Gasteiger partial charge is 0.342 e. The van der Waals surface area contributed by atoms with Crippen LogP contribution in [0.25, 0.3) is 11.0 Å². The Labute approximate surface area is 87.0 Å². The normalized spacial score (nSPS) is 10.9. The number of hydrogen-bond acceptors (Lipinski definition) is 3. The summed E-state index contributed by atoms with van der Waals surface area (Å²) >= 11 is 0. The average Bonchev–Trinajstić information content (AvgIpc) is 2.19. The number of hydrogen-bond donors (Lipinski definition) is 1. The fourth-order valence-electron chi connectivity index (χ4n) is 1.53. The van der Waals surface area contributed by atoms with Crippen molar-refractivity contribution in [2.24, 2.45) is 0 Å². The van der Waals surface area contributed by atoms with Crippen LogP contribution in [0.2, 0.25) is 0 Å². The van der Waals surface area contributed by atoms with Gasteiger partial charge in [0.1, 0.15) is 11.3 Å². The van der Waals surface area contributed by atoms with Gasteiger partial charge in [-0.15, -0.1) is 0 Å². The number of benzene rings is 1. The molecule has 0 atom stereocenters. The first-order chi connectivity index (χ1) is 7.00. The molecule has 1 heterocycles. The lowest BCUT2D eigenvalue weighted by Crippen LogP contribution is -2.03. The second kappa shape index (κ2) is 3.12. The molecule has 0 amide bonds. The van der Waals surface area contributed by atoms with Crippen LogP contribution < -0.4 is 5.63 Å². The molecule has 1 aromatic carbocycles. The predicted octanol–water partition coefficient (Wildman–Crippen LogP) is 2.42. The molecule has 15 heavy (non-hydrogen) atoms. The minimum atomic E-state index is -0.483. The van der Waals surface area contributed by atoms with Crippen molar-refractivity contribution in [2.75, 3.05) is 0 Å². The van der Waals surface area contributed by atoms with E-state index in [4.69, 9.17) is 4.42 Å². The molecule has 0 fully saturated rings. The zero-order valence-corrected chi connectivity index (χ0v) is 8.92. The third-order valence-electron chi connectivity index (χ3n) is 2.72. The molecule has 0 saturated carbocycles. The molecule has 0 aliphatic heterocycles. The molecular formula is C12H12O3. The minimum Gasteiger partial charge on any atom is -0.507 e. The predicted molar refractivity (Wildman–Crippen MR) is 58.4 cm³/mol. The summed E-state index contributed by atoms with van der Waals surface area (Å²) in [6.07, 6.45) is 0. The van der Waals surface area contributed by atoms with Crippen LogP contribution in [0.3, 0.4) is 0 Å². The van der Waals surface area contributed by atoms with Crippen molar-refractivity contribution >= 4 is 11.0 Å². The van der Waals surface area contributed by atoms with Crippen LogP contribution in [0.15, 0.2) is 21.3 Å². The summed E-state index contributed by atoms with van der Waals surface area (Å²) < 4.78 is 5.09. The van der Waals surface area contributed by atoms with Gasteiger partial charge < -0.3 is 9.52 Å².